The van der Waals surface area contributed by atoms with Gasteiger partial charge >= 0.3 is 11.8 Å². The van der Waals surface area contributed by atoms with E-state index < -0.39 is 11.8 Å². The lowest BCUT2D eigenvalue weighted by Gasteiger charge is -2.37. The molecule has 0 aromatic heterocycles. The number of anilines is 2. The molecule has 214 valence electrons. The molecule has 1 unspecified atom stereocenters. The molecule has 1 heterocycles. The number of piperazine rings is 1. The van der Waals surface area contributed by atoms with Gasteiger partial charge in [0.2, 0.25) is 0 Å². The van der Waals surface area contributed by atoms with E-state index >= 15 is 0 Å². The molecule has 2 amide bonds. The largest absolute Gasteiger partial charge is 0.372 e. The van der Waals surface area contributed by atoms with Crippen molar-refractivity contribution in [3.8, 4) is 0 Å². The van der Waals surface area contributed by atoms with Crippen molar-refractivity contribution in [2.75, 3.05) is 49.1 Å². The van der Waals surface area contributed by atoms with Gasteiger partial charge in [0.25, 0.3) is 0 Å². The Balaban J connectivity index is 0.00000456. The number of rotatable bonds is 12. The minimum atomic E-state index is -0.437. The van der Waals surface area contributed by atoms with Crippen LogP contribution in [-0.2, 0) is 22.7 Å². The minimum Gasteiger partial charge on any atom is -0.372 e. The molecule has 1 saturated heterocycles. The zero-order valence-electron chi connectivity index (χ0n) is 23.2. The fourth-order valence-electron chi connectivity index (χ4n) is 4.62. The predicted octanol–water partition coefficient (Wildman–Crippen LogP) is 4.95. The maximum atomic E-state index is 12.9. The fraction of sp³-hybridized carbons (Fsp3) is 0.500. The van der Waals surface area contributed by atoms with Crippen LogP contribution in [0, 0.1) is 0 Å². The average Bonchev–Trinajstić information content (AvgIpc) is 2.88. The Morgan fingerprint density at radius 1 is 0.711 bits per heavy atom. The van der Waals surface area contributed by atoms with Crippen LogP contribution in [0.5, 0.6) is 0 Å². The van der Waals surface area contributed by atoms with Crippen LogP contribution in [0.2, 0.25) is 0 Å². The molecule has 1 atom stereocenters. The van der Waals surface area contributed by atoms with Gasteiger partial charge in [0.05, 0.1) is 6.17 Å². The zero-order chi connectivity index (χ0) is 25.4. The summed E-state index contributed by atoms with van der Waals surface area (Å²) in [4.78, 5) is 33.6. The first-order valence-corrected chi connectivity index (χ1v) is 12.9. The summed E-state index contributed by atoms with van der Waals surface area (Å²) >= 11 is 0. The van der Waals surface area contributed by atoms with E-state index in [2.05, 4.69) is 79.2 Å². The van der Waals surface area contributed by atoms with Crippen molar-refractivity contribution in [2.24, 2.45) is 0 Å². The lowest BCUT2D eigenvalue weighted by Crippen LogP contribution is -2.59. The number of nitrogens with zero attached hydrogens (tertiary/aromatic N) is 4. The number of nitrogens with one attached hydrogen (secondary N) is 1. The van der Waals surface area contributed by atoms with Crippen LogP contribution in [0.3, 0.4) is 0 Å². The monoisotopic (exact) mass is 587 g/mol. The molecular weight excluding hydrogens is 545 g/mol. The molecule has 7 nitrogen and oxygen atoms in total. The maximum absolute atomic E-state index is 12.9. The molecule has 0 radical (unpaired) electrons. The highest BCUT2D eigenvalue weighted by Crippen LogP contribution is 2.18. The first-order chi connectivity index (χ1) is 16.9. The second kappa shape index (κ2) is 17.4. The van der Waals surface area contributed by atoms with Crippen molar-refractivity contribution >= 4 is 60.4 Å². The van der Waals surface area contributed by atoms with Crippen molar-refractivity contribution in [3.05, 3.63) is 59.7 Å². The summed E-state index contributed by atoms with van der Waals surface area (Å²) in [5.41, 5.74) is 4.58. The maximum Gasteiger partial charge on any atom is 0.313 e. The molecule has 1 aliphatic rings. The number of carbonyl (C=O) groups is 2. The SMILES string of the molecule is CCN(CC)c1ccc(CNC(C)N2CCN(Cc3ccc(N(CC)CC)cc3)C(=O)C2=O)cc1.Cl.Cl.Cl. The van der Waals surface area contributed by atoms with Gasteiger partial charge in [0.1, 0.15) is 0 Å². The fourth-order valence-corrected chi connectivity index (χ4v) is 4.62. The molecule has 1 aliphatic heterocycles. The lowest BCUT2D eigenvalue weighted by atomic mass is 10.1. The second-order valence-electron chi connectivity index (χ2n) is 8.96. The topological polar surface area (TPSA) is 59.1 Å². The molecule has 1 N–H and O–H groups in total. The van der Waals surface area contributed by atoms with E-state index in [1.807, 2.05) is 19.1 Å². The Morgan fingerprint density at radius 2 is 1.16 bits per heavy atom. The second-order valence-corrected chi connectivity index (χ2v) is 8.96. The summed E-state index contributed by atoms with van der Waals surface area (Å²) < 4.78 is 0. The Bertz CT molecular complexity index is 967. The summed E-state index contributed by atoms with van der Waals surface area (Å²) in [6, 6.07) is 16.8. The molecule has 0 saturated carbocycles. The van der Waals surface area contributed by atoms with E-state index in [0.29, 0.717) is 26.2 Å². The van der Waals surface area contributed by atoms with Crippen LogP contribution < -0.4 is 15.1 Å². The van der Waals surface area contributed by atoms with Gasteiger partial charge in [-0.25, -0.2) is 0 Å². The van der Waals surface area contributed by atoms with Gasteiger partial charge in [-0.2, -0.15) is 0 Å². The molecule has 2 aromatic carbocycles. The molecule has 3 rings (SSSR count). The molecule has 10 heteroatoms. The summed E-state index contributed by atoms with van der Waals surface area (Å²) in [5, 5.41) is 3.40. The molecule has 0 aliphatic carbocycles. The molecule has 0 bridgehead atoms. The average molecular weight is 589 g/mol. The first kappa shape index (κ1) is 35.8. The molecular formula is C28H44Cl3N5O2. The zero-order valence-corrected chi connectivity index (χ0v) is 25.6. The summed E-state index contributed by atoms with van der Waals surface area (Å²) in [6.45, 7) is 16.6. The predicted molar refractivity (Wildman–Crippen MR) is 165 cm³/mol. The third kappa shape index (κ3) is 8.94. The first-order valence-electron chi connectivity index (χ1n) is 12.9. The highest BCUT2D eigenvalue weighted by molar-refractivity contribution is 6.35. The van der Waals surface area contributed by atoms with Gasteiger partial charge in [-0.05, 0) is 70.0 Å². The van der Waals surface area contributed by atoms with Crippen LogP contribution in [-0.4, -0.2) is 67.0 Å². The Hall–Kier alpha value is -2.19. The molecule has 0 spiro atoms. The molecule has 2 aromatic rings. The van der Waals surface area contributed by atoms with Crippen molar-refractivity contribution < 1.29 is 9.59 Å². The molecule has 38 heavy (non-hydrogen) atoms. The van der Waals surface area contributed by atoms with E-state index in [-0.39, 0.29) is 43.4 Å². The summed E-state index contributed by atoms with van der Waals surface area (Å²) in [5.74, 6) is -0.866. The van der Waals surface area contributed by atoms with E-state index in [0.717, 1.165) is 37.3 Å². The number of amides is 2. The van der Waals surface area contributed by atoms with E-state index in [1.54, 1.807) is 9.80 Å². The van der Waals surface area contributed by atoms with Crippen LogP contribution >= 0.6 is 37.2 Å². The number of benzene rings is 2. The Morgan fingerprint density at radius 3 is 1.61 bits per heavy atom. The quantitative estimate of drug-likeness (QED) is 0.356. The molecule has 1 fully saturated rings. The van der Waals surface area contributed by atoms with E-state index in [9.17, 15) is 9.59 Å². The van der Waals surface area contributed by atoms with Gasteiger partial charge in [-0.3, -0.25) is 14.9 Å². The van der Waals surface area contributed by atoms with E-state index in [1.165, 1.54) is 11.4 Å². The Labute approximate surface area is 247 Å². The van der Waals surface area contributed by atoms with E-state index in [4.69, 9.17) is 0 Å². The van der Waals surface area contributed by atoms with Crippen molar-refractivity contribution in [2.45, 2.75) is 53.9 Å². The standard InChI is InChI=1S/C28H41N5O2.3ClH/c1-6-30(7-2)25-14-10-23(11-15-25)20-29-22(5)33-19-18-32(27(34)28(33)35)21-24-12-16-26(17-13-24)31(8-3)9-4;;;/h10-17,22,29H,6-9,18-21H2,1-5H3;3*1H. The third-order valence-electron chi connectivity index (χ3n) is 6.91. The normalized spacial score (nSPS) is 13.7. The van der Waals surface area contributed by atoms with Gasteiger partial charge in [-0.1, -0.05) is 24.3 Å². The Kier molecular flexibility index (Phi) is 16.4. The summed E-state index contributed by atoms with van der Waals surface area (Å²) in [6.07, 6.45) is -0.218. The number of carbonyl (C=O) groups excluding carboxylic acids is 2. The van der Waals surface area contributed by atoms with Crippen molar-refractivity contribution in [3.63, 3.8) is 0 Å². The van der Waals surface area contributed by atoms with Gasteiger partial charge in [-0.15, -0.1) is 37.2 Å². The van der Waals surface area contributed by atoms with Crippen LogP contribution in [0.15, 0.2) is 48.5 Å². The van der Waals surface area contributed by atoms with Gasteiger partial charge < -0.3 is 19.6 Å². The number of halogens is 3. The highest BCUT2D eigenvalue weighted by atomic mass is 35.5. The number of hydrogen-bond acceptors (Lipinski definition) is 5. The van der Waals surface area contributed by atoms with Crippen molar-refractivity contribution in [1.82, 2.24) is 15.1 Å². The third-order valence-corrected chi connectivity index (χ3v) is 6.91. The van der Waals surface area contributed by atoms with Crippen molar-refractivity contribution in [1.29, 1.82) is 0 Å². The van der Waals surface area contributed by atoms with Gasteiger partial charge in [0.15, 0.2) is 0 Å². The van der Waals surface area contributed by atoms with Crippen LogP contribution in [0.25, 0.3) is 0 Å². The lowest BCUT2D eigenvalue weighted by molar-refractivity contribution is -0.158. The smallest absolute Gasteiger partial charge is 0.313 e. The minimum absolute atomic E-state index is 0. The highest BCUT2D eigenvalue weighted by Gasteiger charge is 2.34. The summed E-state index contributed by atoms with van der Waals surface area (Å²) in [7, 11) is 0. The number of hydrogen-bond donors (Lipinski definition) is 1. The van der Waals surface area contributed by atoms with Crippen LogP contribution in [0.1, 0.15) is 45.7 Å². The van der Waals surface area contributed by atoms with Crippen LogP contribution in [0.4, 0.5) is 11.4 Å². The van der Waals surface area contributed by atoms with Gasteiger partial charge in [0, 0.05) is 63.7 Å².